The quantitative estimate of drug-likeness (QED) is 0.648. The summed E-state index contributed by atoms with van der Waals surface area (Å²) in [5.74, 6) is 2.96. The molecule has 2 aliphatic heterocycles. The average Bonchev–Trinajstić information content (AvgIpc) is 2.51. The fourth-order valence-corrected chi connectivity index (χ4v) is 4.21. The first-order valence-electron chi connectivity index (χ1n) is 7.53. The Morgan fingerprint density at radius 3 is 2.25 bits per heavy atom. The molecule has 2 heterocycles. The molecule has 2 aliphatic rings. The molecule has 3 rings (SSSR count). The van der Waals surface area contributed by atoms with Gasteiger partial charge in [-0.25, -0.2) is 11.4 Å². The van der Waals surface area contributed by atoms with E-state index >= 15 is 0 Å². The number of hydrogen-bond acceptors (Lipinski definition) is 0. The van der Waals surface area contributed by atoms with Crippen molar-refractivity contribution in [2.24, 2.45) is 0 Å². The Bertz CT molecular complexity index is 658. The van der Waals surface area contributed by atoms with Gasteiger partial charge in [-0.3, -0.25) is 0 Å². The molecule has 0 N–H and O–H groups in total. The summed E-state index contributed by atoms with van der Waals surface area (Å²) in [5.41, 5.74) is 7.48. The van der Waals surface area contributed by atoms with Crippen LogP contribution in [0.25, 0.3) is 0 Å². The summed E-state index contributed by atoms with van der Waals surface area (Å²) in [6.45, 7) is 9.18. The molecule has 0 aliphatic carbocycles. The molecule has 2 unspecified atom stereocenters. The third-order valence-electron chi connectivity index (χ3n) is 5.72. The van der Waals surface area contributed by atoms with Gasteiger partial charge in [0, 0.05) is 0 Å². The van der Waals surface area contributed by atoms with Gasteiger partial charge in [0.25, 0.3) is 0 Å². The van der Waals surface area contributed by atoms with Crippen molar-refractivity contribution in [3.63, 3.8) is 0 Å². The lowest BCUT2D eigenvalue weighted by atomic mass is 9.10. The van der Waals surface area contributed by atoms with E-state index < -0.39 is 6.15 Å². The van der Waals surface area contributed by atoms with Gasteiger partial charge in [0.1, 0.15) is 0 Å². The molecule has 20 heavy (non-hydrogen) atoms. The third-order valence-corrected chi connectivity index (χ3v) is 5.72. The first-order valence-corrected chi connectivity index (χ1v) is 7.53. The predicted molar refractivity (Wildman–Crippen MR) is 90.6 cm³/mol. The van der Waals surface area contributed by atoms with Gasteiger partial charge >= 0.3 is 0 Å². The van der Waals surface area contributed by atoms with Crippen LogP contribution in [0.2, 0.25) is 5.82 Å². The summed E-state index contributed by atoms with van der Waals surface area (Å²) in [5, 5.41) is 0. The van der Waals surface area contributed by atoms with E-state index in [2.05, 4.69) is 82.2 Å². The van der Waals surface area contributed by atoms with Gasteiger partial charge in [-0.15, -0.1) is 18.0 Å². The molecular formula is C19H22B-. The highest BCUT2D eigenvalue weighted by molar-refractivity contribution is 7.03. The lowest BCUT2D eigenvalue weighted by Crippen LogP contribution is -2.54. The largest absolute Gasteiger partial charge is 0.236 e. The van der Waals surface area contributed by atoms with E-state index in [1.807, 2.05) is 0 Å². The molecule has 0 aromatic heterocycles. The standard InChI is InChI=1S/C19H22B/c1-14-15(2)17(4)20(18-10-6-5-7-11-18)13-9-8-12-19(20)16(14)3/h5-13,19H,1-4H3/q-1. The van der Waals surface area contributed by atoms with Gasteiger partial charge in [-0.2, -0.15) is 5.46 Å². The van der Waals surface area contributed by atoms with E-state index in [4.69, 9.17) is 0 Å². The van der Waals surface area contributed by atoms with E-state index in [1.54, 1.807) is 5.47 Å². The Labute approximate surface area is 122 Å². The highest BCUT2D eigenvalue weighted by atomic mass is 14.2. The van der Waals surface area contributed by atoms with Gasteiger partial charge in [0.15, 0.2) is 0 Å². The smallest absolute Gasteiger partial charge is 0.0804 e. The van der Waals surface area contributed by atoms with Crippen LogP contribution in [0, 0.1) is 0 Å². The summed E-state index contributed by atoms with van der Waals surface area (Å²) >= 11 is 0. The SMILES string of the molecule is CC1=C(C)C2C=CC=C[B-]2(c2ccccc2)C(C)=C1C. The topological polar surface area (TPSA) is 0 Å². The van der Waals surface area contributed by atoms with Crippen LogP contribution < -0.4 is 5.46 Å². The molecule has 1 aromatic carbocycles. The highest BCUT2D eigenvalue weighted by Gasteiger charge is 2.37. The molecule has 1 aromatic rings. The molecule has 0 nitrogen and oxygen atoms in total. The van der Waals surface area contributed by atoms with E-state index in [1.165, 1.54) is 22.2 Å². The van der Waals surface area contributed by atoms with Crippen molar-refractivity contribution in [1.82, 2.24) is 0 Å². The molecule has 1 heteroatoms. The van der Waals surface area contributed by atoms with Crippen LogP contribution in [0.5, 0.6) is 0 Å². The van der Waals surface area contributed by atoms with Gasteiger partial charge < -0.3 is 0 Å². The third kappa shape index (κ3) is 1.62. The fourth-order valence-electron chi connectivity index (χ4n) is 4.21. The van der Waals surface area contributed by atoms with Gasteiger partial charge in [-0.05, 0) is 20.8 Å². The maximum atomic E-state index is 2.45. The van der Waals surface area contributed by atoms with E-state index in [0.29, 0.717) is 5.82 Å². The normalized spacial score (nSPS) is 28.9. The number of fused-ring (bicyclic) bond motifs is 1. The molecule has 0 fully saturated rings. The summed E-state index contributed by atoms with van der Waals surface area (Å²) in [6, 6.07) is 11.0. The van der Waals surface area contributed by atoms with E-state index in [-0.39, 0.29) is 0 Å². The second kappa shape index (κ2) is 4.66. The first-order chi connectivity index (χ1) is 9.59. The molecule has 102 valence electrons. The minimum Gasteiger partial charge on any atom is -0.236 e. The number of allylic oxidation sites excluding steroid dienone is 7. The maximum absolute atomic E-state index is 2.45. The van der Waals surface area contributed by atoms with Crippen molar-refractivity contribution in [1.29, 1.82) is 0 Å². The molecule has 0 bridgehead atoms. The summed E-state index contributed by atoms with van der Waals surface area (Å²) < 4.78 is 0. The Morgan fingerprint density at radius 1 is 0.850 bits per heavy atom. The number of hydrogen-bond donors (Lipinski definition) is 0. The zero-order chi connectivity index (χ0) is 14.3. The van der Waals surface area contributed by atoms with Crippen molar-refractivity contribution < 1.29 is 0 Å². The molecular weight excluding hydrogens is 239 g/mol. The fraction of sp³-hybridized carbons (Fsp3) is 0.263. The maximum Gasteiger partial charge on any atom is 0.0804 e. The summed E-state index contributed by atoms with van der Waals surface area (Å²) in [6.07, 6.45) is 6.02. The minimum absolute atomic E-state index is 0.506. The molecule has 0 saturated heterocycles. The Morgan fingerprint density at radius 2 is 1.55 bits per heavy atom. The van der Waals surface area contributed by atoms with Crippen LogP contribution in [-0.2, 0) is 0 Å². The lowest BCUT2D eigenvalue weighted by Gasteiger charge is -2.52. The predicted octanol–water partition coefficient (Wildman–Crippen LogP) is 4.60. The van der Waals surface area contributed by atoms with Crippen molar-refractivity contribution in [2.75, 3.05) is 0 Å². The van der Waals surface area contributed by atoms with Gasteiger partial charge in [-0.1, -0.05) is 60.1 Å². The number of benzene rings is 1. The van der Waals surface area contributed by atoms with Crippen molar-refractivity contribution in [3.8, 4) is 0 Å². The Hall–Kier alpha value is -1.76. The van der Waals surface area contributed by atoms with Crippen LogP contribution in [0.15, 0.2) is 76.7 Å². The van der Waals surface area contributed by atoms with Crippen LogP contribution in [0.3, 0.4) is 0 Å². The molecule has 0 spiro atoms. The summed E-state index contributed by atoms with van der Waals surface area (Å²) in [4.78, 5) is 0. The molecule has 2 atom stereocenters. The Kier molecular flexibility index (Phi) is 3.09. The number of rotatable bonds is 1. The van der Waals surface area contributed by atoms with Crippen molar-refractivity contribution in [2.45, 2.75) is 33.5 Å². The van der Waals surface area contributed by atoms with Crippen LogP contribution in [0.1, 0.15) is 27.7 Å². The zero-order valence-corrected chi connectivity index (χ0v) is 12.9. The molecule has 0 amide bonds. The van der Waals surface area contributed by atoms with Crippen LogP contribution in [-0.4, -0.2) is 6.15 Å². The van der Waals surface area contributed by atoms with Crippen LogP contribution >= 0.6 is 0 Å². The monoisotopic (exact) mass is 261 g/mol. The van der Waals surface area contributed by atoms with E-state index in [0.717, 1.165) is 0 Å². The van der Waals surface area contributed by atoms with Crippen LogP contribution in [0.4, 0.5) is 0 Å². The highest BCUT2D eigenvalue weighted by Crippen LogP contribution is 2.46. The minimum atomic E-state index is -0.805. The molecule has 0 saturated carbocycles. The Balaban J connectivity index is 2.32. The second-order valence-corrected chi connectivity index (χ2v) is 6.33. The lowest BCUT2D eigenvalue weighted by molar-refractivity contribution is 1.05. The van der Waals surface area contributed by atoms with E-state index in [9.17, 15) is 0 Å². The average molecular weight is 261 g/mol. The molecule has 0 radical (unpaired) electrons. The zero-order valence-electron chi connectivity index (χ0n) is 12.9. The van der Waals surface area contributed by atoms with Gasteiger partial charge in [0.05, 0.1) is 6.15 Å². The van der Waals surface area contributed by atoms with Gasteiger partial charge in [0.2, 0.25) is 0 Å². The second-order valence-electron chi connectivity index (χ2n) is 6.33. The van der Waals surface area contributed by atoms with Crippen molar-refractivity contribution in [3.05, 3.63) is 76.7 Å². The van der Waals surface area contributed by atoms with Crippen molar-refractivity contribution >= 4 is 11.6 Å². The summed E-state index contributed by atoms with van der Waals surface area (Å²) in [7, 11) is 0. The first kappa shape index (κ1) is 13.2.